The molecule has 0 saturated carbocycles. The second kappa shape index (κ2) is 7.22. The van der Waals surface area contributed by atoms with Gasteiger partial charge in [0.15, 0.2) is 11.4 Å². The Bertz CT molecular complexity index is 1290. The molecule has 0 unspecified atom stereocenters. The van der Waals surface area contributed by atoms with Gasteiger partial charge in [0.25, 0.3) is 5.91 Å². The van der Waals surface area contributed by atoms with Crippen LogP contribution in [0.25, 0.3) is 11.2 Å². The van der Waals surface area contributed by atoms with Crippen LogP contribution in [-0.4, -0.2) is 20.9 Å². The molecular weight excluding hydrogens is 384 g/mol. The molecule has 0 radical (unpaired) electrons. The van der Waals surface area contributed by atoms with E-state index < -0.39 is 0 Å². The highest BCUT2D eigenvalue weighted by molar-refractivity contribution is 6.05. The molecule has 0 bridgehead atoms. The minimum Gasteiger partial charge on any atom is -0.465 e. The van der Waals surface area contributed by atoms with Crippen molar-refractivity contribution >= 4 is 22.8 Å². The summed E-state index contributed by atoms with van der Waals surface area (Å²) >= 11 is 0. The van der Waals surface area contributed by atoms with Crippen molar-refractivity contribution in [2.75, 3.05) is 5.32 Å². The summed E-state index contributed by atoms with van der Waals surface area (Å²) in [5.74, 6) is 2.01. The lowest BCUT2D eigenvalue weighted by Crippen LogP contribution is -2.13. The average Bonchev–Trinajstić information content (AvgIpc) is 3.24. The minimum absolute atomic E-state index is 0.188. The van der Waals surface area contributed by atoms with Crippen LogP contribution < -0.4 is 15.7 Å². The van der Waals surface area contributed by atoms with Crippen molar-refractivity contribution in [3.63, 3.8) is 0 Å². The number of hydrogen-bond acceptors (Lipinski definition) is 5. The summed E-state index contributed by atoms with van der Waals surface area (Å²) in [6.45, 7) is 7.86. The number of aromatic amines is 2. The molecule has 3 N–H and O–H groups in total. The van der Waals surface area contributed by atoms with E-state index in [1.807, 2.05) is 20.8 Å². The normalized spacial score (nSPS) is 11.6. The molecule has 0 spiro atoms. The van der Waals surface area contributed by atoms with Crippen LogP contribution in [0.3, 0.4) is 0 Å². The molecule has 0 aliphatic carbocycles. The van der Waals surface area contributed by atoms with Crippen LogP contribution in [0, 0.1) is 6.92 Å². The quantitative estimate of drug-likeness (QED) is 0.462. The zero-order valence-corrected chi connectivity index (χ0v) is 17.1. The molecular formula is C22H22N4O4. The SMILES string of the molecule is Cc1oc(C(C)(C)C)cc1C(=O)Nc1cccc(Oc2ccnc3[nH]c(=O)[nH]c23)c1. The molecule has 1 aromatic carbocycles. The second-order valence-corrected chi connectivity index (χ2v) is 8.03. The number of rotatable bonds is 4. The van der Waals surface area contributed by atoms with E-state index in [4.69, 9.17) is 9.15 Å². The summed E-state index contributed by atoms with van der Waals surface area (Å²) in [6.07, 6.45) is 1.54. The first-order chi connectivity index (χ1) is 14.2. The van der Waals surface area contributed by atoms with E-state index in [2.05, 4.69) is 20.3 Å². The zero-order valence-electron chi connectivity index (χ0n) is 17.1. The van der Waals surface area contributed by atoms with Gasteiger partial charge in [0.2, 0.25) is 0 Å². The molecule has 0 fully saturated rings. The maximum atomic E-state index is 12.8. The van der Waals surface area contributed by atoms with Gasteiger partial charge in [0.1, 0.15) is 22.8 Å². The average molecular weight is 406 g/mol. The first-order valence-corrected chi connectivity index (χ1v) is 9.48. The smallest absolute Gasteiger partial charge is 0.325 e. The number of imidazole rings is 1. The Morgan fingerprint density at radius 3 is 2.70 bits per heavy atom. The van der Waals surface area contributed by atoms with Gasteiger partial charge in [-0.25, -0.2) is 9.78 Å². The molecule has 0 saturated heterocycles. The van der Waals surface area contributed by atoms with Gasteiger partial charge < -0.3 is 19.5 Å². The molecule has 3 aromatic heterocycles. The maximum absolute atomic E-state index is 12.8. The number of hydrogen-bond donors (Lipinski definition) is 3. The van der Waals surface area contributed by atoms with Gasteiger partial charge >= 0.3 is 5.69 Å². The summed E-state index contributed by atoms with van der Waals surface area (Å²) in [5.41, 5.74) is 1.40. The number of furan rings is 1. The fraction of sp³-hybridized carbons (Fsp3) is 0.227. The number of carbonyl (C=O) groups is 1. The van der Waals surface area contributed by atoms with Gasteiger partial charge in [-0.1, -0.05) is 26.8 Å². The van der Waals surface area contributed by atoms with Crippen molar-refractivity contribution in [2.24, 2.45) is 0 Å². The fourth-order valence-electron chi connectivity index (χ4n) is 3.04. The third-order valence-electron chi connectivity index (χ3n) is 4.60. The first kappa shape index (κ1) is 19.5. The first-order valence-electron chi connectivity index (χ1n) is 9.48. The lowest BCUT2D eigenvalue weighted by atomic mass is 9.93. The van der Waals surface area contributed by atoms with E-state index in [0.29, 0.717) is 39.7 Å². The monoisotopic (exact) mass is 406 g/mol. The fourth-order valence-corrected chi connectivity index (χ4v) is 3.04. The third kappa shape index (κ3) is 3.84. The molecule has 0 aliphatic rings. The molecule has 154 valence electrons. The Kier molecular flexibility index (Phi) is 4.69. The van der Waals surface area contributed by atoms with Crippen molar-refractivity contribution < 1.29 is 13.9 Å². The Hall–Kier alpha value is -3.81. The lowest BCUT2D eigenvalue weighted by molar-refractivity contribution is 0.102. The van der Waals surface area contributed by atoms with Crippen molar-refractivity contribution in [1.82, 2.24) is 15.0 Å². The largest absolute Gasteiger partial charge is 0.465 e. The van der Waals surface area contributed by atoms with E-state index >= 15 is 0 Å². The van der Waals surface area contributed by atoms with Crippen molar-refractivity contribution in [1.29, 1.82) is 0 Å². The van der Waals surface area contributed by atoms with Crippen molar-refractivity contribution in [2.45, 2.75) is 33.1 Å². The number of benzene rings is 1. The number of fused-ring (bicyclic) bond motifs is 1. The van der Waals surface area contributed by atoms with Crippen LogP contribution in [0.2, 0.25) is 0 Å². The number of aryl methyl sites for hydroxylation is 1. The van der Waals surface area contributed by atoms with E-state index in [-0.39, 0.29) is 17.0 Å². The number of carbonyl (C=O) groups excluding carboxylic acids is 1. The van der Waals surface area contributed by atoms with Crippen LogP contribution in [-0.2, 0) is 5.41 Å². The summed E-state index contributed by atoms with van der Waals surface area (Å²) in [4.78, 5) is 33.6. The number of H-pyrrole nitrogens is 2. The number of pyridine rings is 1. The van der Waals surface area contributed by atoms with Crippen LogP contribution in [0.1, 0.15) is 42.6 Å². The van der Waals surface area contributed by atoms with E-state index in [1.165, 1.54) is 0 Å². The third-order valence-corrected chi connectivity index (χ3v) is 4.60. The molecule has 4 rings (SSSR count). The molecule has 8 nitrogen and oxygen atoms in total. The number of amides is 1. The Labute approximate surface area is 172 Å². The number of anilines is 1. The maximum Gasteiger partial charge on any atom is 0.325 e. The molecule has 8 heteroatoms. The van der Waals surface area contributed by atoms with Crippen LogP contribution in [0.4, 0.5) is 5.69 Å². The van der Waals surface area contributed by atoms with Gasteiger partial charge in [-0.05, 0) is 25.1 Å². The highest BCUT2D eigenvalue weighted by Gasteiger charge is 2.23. The van der Waals surface area contributed by atoms with E-state index in [0.717, 1.165) is 5.76 Å². The molecule has 3 heterocycles. The van der Waals surface area contributed by atoms with Crippen molar-refractivity contribution in [3.05, 3.63) is 70.2 Å². The number of nitrogens with zero attached hydrogens (tertiary/aromatic N) is 1. The lowest BCUT2D eigenvalue weighted by Gasteiger charge is -2.13. The van der Waals surface area contributed by atoms with Gasteiger partial charge in [0.05, 0.1) is 5.56 Å². The highest BCUT2D eigenvalue weighted by Crippen LogP contribution is 2.29. The van der Waals surface area contributed by atoms with Crippen LogP contribution >= 0.6 is 0 Å². The second-order valence-electron chi connectivity index (χ2n) is 8.03. The molecule has 1 amide bonds. The van der Waals surface area contributed by atoms with Crippen LogP contribution in [0.15, 0.2) is 51.8 Å². The summed E-state index contributed by atoms with van der Waals surface area (Å²) < 4.78 is 11.7. The van der Waals surface area contributed by atoms with E-state index in [1.54, 1.807) is 49.5 Å². The minimum atomic E-state index is -0.361. The van der Waals surface area contributed by atoms with Gasteiger partial charge in [-0.2, -0.15) is 0 Å². The van der Waals surface area contributed by atoms with Gasteiger partial charge in [-0.3, -0.25) is 9.78 Å². The number of ether oxygens (including phenoxy) is 1. The highest BCUT2D eigenvalue weighted by atomic mass is 16.5. The predicted molar refractivity (Wildman–Crippen MR) is 113 cm³/mol. The topological polar surface area (TPSA) is 113 Å². The molecule has 0 atom stereocenters. The number of nitrogens with one attached hydrogen (secondary N) is 3. The summed E-state index contributed by atoms with van der Waals surface area (Å²) in [6, 6.07) is 10.4. The van der Waals surface area contributed by atoms with Crippen molar-refractivity contribution in [3.8, 4) is 11.5 Å². The van der Waals surface area contributed by atoms with Gasteiger partial charge in [-0.15, -0.1) is 0 Å². The zero-order chi connectivity index (χ0) is 21.5. The predicted octanol–water partition coefficient (Wildman–Crippen LogP) is 4.49. The van der Waals surface area contributed by atoms with Crippen LogP contribution in [0.5, 0.6) is 11.5 Å². The summed E-state index contributed by atoms with van der Waals surface area (Å²) in [7, 11) is 0. The number of aromatic nitrogens is 3. The molecule has 30 heavy (non-hydrogen) atoms. The molecule has 0 aliphatic heterocycles. The molecule has 4 aromatic rings. The standard InChI is InChI=1S/C22H22N4O4/c1-12-15(11-17(29-12)22(2,3)4)20(27)24-13-6-5-7-14(10-13)30-16-8-9-23-19-18(16)25-21(28)26-19/h5-11H,1-4H3,(H,24,27)(H2,23,25,26,28). The van der Waals surface area contributed by atoms with E-state index in [9.17, 15) is 9.59 Å². The Balaban J connectivity index is 1.56. The Morgan fingerprint density at radius 1 is 1.17 bits per heavy atom. The summed E-state index contributed by atoms with van der Waals surface area (Å²) in [5, 5.41) is 2.88. The van der Waals surface area contributed by atoms with Gasteiger partial charge in [0, 0.05) is 29.4 Å². The Morgan fingerprint density at radius 2 is 1.97 bits per heavy atom.